The number of carbonyl (C=O) groups excluding carboxylic acids is 4. The highest BCUT2D eigenvalue weighted by atomic mass is 35.5. The number of likely N-dealkylation sites (tertiary alicyclic amines) is 3. The number of aliphatic hydroxyl groups is 1. The highest BCUT2D eigenvalue weighted by molar-refractivity contribution is 7.13. The van der Waals surface area contributed by atoms with Crippen molar-refractivity contribution in [2.24, 2.45) is 16.2 Å². The van der Waals surface area contributed by atoms with Crippen LogP contribution in [0, 0.1) is 34.5 Å². The Balaban J connectivity index is 0.777. The van der Waals surface area contributed by atoms with Gasteiger partial charge < -0.3 is 30.7 Å². The monoisotopic (exact) mass is 1000 g/mol. The molecule has 8 rings (SSSR count). The Kier molecular flexibility index (Phi) is 15.1. The number of benzene rings is 3. The van der Waals surface area contributed by atoms with Crippen LogP contribution in [0.1, 0.15) is 113 Å². The van der Waals surface area contributed by atoms with Crippen LogP contribution < -0.4 is 20.7 Å². The van der Waals surface area contributed by atoms with Crippen molar-refractivity contribution in [3.8, 4) is 22.3 Å². The predicted octanol–water partition coefficient (Wildman–Crippen LogP) is 7.32. The van der Waals surface area contributed by atoms with E-state index in [-0.39, 0.29) is 78.2 Å². The zero-order valence-electron chi connectivity index (χ0n) is 42.4. The number of rotatable bonds is 16. The maximum absolute atomic E-state index is 14.3. The van der Waals surface area contributed by atoms with Crippen LogP contribution in [0.3, 0.4) is 0 Å². The van der Waals surface area contributed by atoms with Crippen LogP contribution >= 0.6 is 22.9 Å². The van der Waals surface area contributed by atoms with Gasteiger partial charge in [0.2, 0.25) is 17.7 Å². The SMILES string of the molecule is Cc1ncsc1-c1ccc([C@H](C)NC(=O)[C@@H]2C[C@@H](O)CN2C(=O)C(NC(=O)CN2C[C@H]3C[C@@H]2CN3CCCc2ccc(C(=O)NC3C(C)(C)C(Oc4ccc(C#N)c(Cl)c4)C3(C)C)cc2)C(C)(C)C)cc1. The Morgan fingerprint density at radius 2 is 1.62 bits per heavy atom. The van der Waals surface area contributed by atoms with Gasteiger partial charge in [-0.3, -0.25) is 29.0 Å². The fourth-order valence-corrected chi connectivity index (χ4v) is 12.8. The van der Waals surface area contributed by atoms with E-state index in [1.54, 1.807) is 29.5 Å². The summed E-state index contributed by atoms with van der Waals surface area (Å²) in [4.78, 5) is 67.0. The van der Waals surface area contributed by atoms with Gasteiger partial charge in [-0.15, -0.1) is 11.3 Å². The van der Waals surface area contributed by atoms with Gasteiger partial charge in [0.15, 0.2) is 0 Å². The lowest BCUT2D eigenvalue weighted by molar-refractivity contribution is -0.164. The van der Waals surface area contributed by atoms with E-state index in [0.29, 0.717) is 27.9 Å². The molecule has 1 aromatic heterocycles. The van der Waals surface area contributed by atoms with E-state index >= 15 is 0 Å². The molecule has 4 aliphatic rings. The summed E-state index contributed by atoms with van der Waals surface area (Å²) in [6, 6.07) is 21.4. The molecule has 6 atom stereocenters. The Bertz CT molecular complexity index is 2640. The van der Waals surface area contributed by atoms with Gasteiger partial charge in [0.1, 0.15) is 30.0 Å². The van der Waals surface area contributed by atoms with Crippen LogP contribution in [0.4, 0.5) is 0 Å². The number of hydrogen-bond donors (Lipinski definition) is 4. The molecule has 1 aliphatic carbocycles. The molecule has 4 amide bonds. The first kappa shape index (κ1) is 52.0. The Hall–Kier alpha value is -5.37. The third-order valence-corrected chi connectivity index (χ3v) is 16.7. The Morgan fingerprint density at radius 3 is 2.23 bits per heavy atom. The molecule has 3 aliphatic heterocycles. The molecule has 378 valence electrons. The number of amides is 4. The lowest BCUT2D eigenvalue weighted by Gasteiger charge is -2.63. The lowest BCUT2D eigenvalue weighted by atomic mass is 9.49. The Morgan fingerprint density at radius 1 is 0.944 bits per heavy atom. The molecule has 4 aromatic rings. The maximum atomic E-state index is 14.3. The Labute approximate surface area is 427 Å². The van der Waals surface area contributed by atoms with Crippen molar-refractivity contribution in [1.29, 1.82) is 5.26 Å². The summed E-state index contributed by atoms with van der Waals surface area (Å²) >= 11 is 7.85. The van der Waals surface area contributed by atoms with Crippen molar-refractivity contribution >= 4 is 46.6 Å². The number of halogens is 1. The van der Waals surface area contributed by atoms with Crippen LogP contribution in [-0.4, -0.2) is 124 Å². The molecule has 4 heterocycles. The molecule has 1 saturated carbocycles. The van der Waals surface area contributed by atoms with Crippen molar-refractivity contribution in [3.05, 3.63) is 105 Å². The van der Waals surface area contributed by atoms with E-state index in [1.165, 1.54) is 10.5 Å². The van der Waals surface area contributed by atoms with Crippen molar-refractivity contribution in [1.82, 2.24) is 35.6 Å². The second kappa shape index (κ2) is 20.6. The summed E-state index contributed by atoms with van der Waals surface area (Å²) in [5.74, 6) is -0.478. The average molecular weight is 1010 g/mol. The number of ether oxygens (including phenoxy) is 1. The van der Waals surface area contributed by atoms with Gasteiger partial charge in [0.05, 0.1) is 45.4 Å². The molecule has 1 unspecified atom stereocenters. The summed E-state index contributed by atoms with van der Waals surface area (Å²) in [6.45, 7) is 20.7. The van der Waals surface area contributed by atoms with Crippen molar-refractivity contribution in [3.63, 3.8) is 0 Å². The molecular formula is C55H69ClN8O6S. The number of aryl methyl sites for hydroxylation is 2. The molecule has 4 N–H and O–H groups in total. The van der Waals surface area contributed by atoms with Crippen LogP contribution in [0.2, 0.25) is 5.02 Å². The molecule has 4 fully saturated rings. The number of nitrogens with one attached hydrogen (secondary N) is 3. The number of nitriles is 1. The van der Waals surface area contributed by atoms with Crippen LogP contribution in [0.5, 0.6) is 5.75 Å². The minimum Gasteiger partial charge on any atom is -0.489 e. The largest absolute Gasteiger partial charge is 0.489 e. The van der Waals surface area contributed by atoms with Gasteiger partial charge in [0, 0.05) is 66.6 Å². The minimum absolute atomic E-state index is 0.0146. The van der Waals surface area contributed by atoms with E-state index in [2.05, 4.69) is 64.5 Å². The van der Waals surface area contributed by atoms with Gasteiger partial charge >= 0.3 is 0 Å². The number of carbonyl (C=O) groups is 4. The van der Waals surface area contributed by atoms with Crippen LogP contribution in [0.25, 0.3) is 10.4 Å². The molecule has 2 bridgehead atoms. The third-order valence-electron chi connectivity index (χ3n) is 15.4. The fourth-order valence-electron chi connectivity index (χ4n) is 11.8. The topological polar surface area (TPSA) is 180 Å². The quantitative estimate of drug-likeness (QED) is 0.0889. The zero-order valence-corrected chi connectivity index (χ0v) is 44.0. The van der Waals surface area contributed by atoms with E-state index in [1.807, 2.05) is 88.7 Å². The van der Waals surface area contributed by atoms with Crippen LogP contribution in [-0.2, 0) is 20.8 Å². The first-order valence-electron chi connectivity index (χ1n) is 24.9. The minimum atomic E-state index is -0.895. The fraction of sp³-hybridized carbons (Fsp3) is 0.527. The smallest absolute Gasteiger partial charge is 0.251 e. The van der Waals surface area contributed by atoms with Crippen molar-refractivity contribution in [2.45, 2.75) is 136 Å². The van der Waals surface area contributed by atoms with E-state index in [0.717, 1.165) is 60.6 Å². The van der Waals surface area contributed by atoms with Gasteiger partial charge in [0.25, 0.3) is 5.91 Å². The summed E-state index contributed by atoms with van der Waals surface area (Å²) in [6.07, 6.45) is 1.90. The van der Waals surface area contributed by atoms with E-state index in [9.17, 15) is 29.5 Å². The summed E-state index contributed by atoms with van der Waals surface area (Å²) in [7, 11) is 0. The number of nitrogens with zero attached hydrogens (tertiary/aromatic N) is 5. The molecular weight excluding hydrogens is 936 g/mol. The first-order chi connectivity index (χ1) is 33.5. The number of aliphatic hydroxyl groups excluding tert-OH is 1. The van der Waals surface area contributed by atoms with Crippen LogP contribution in [0.15, 0.2) is 72.2 Å². The summed E-state index contributed by atoms with van der Waals surface area (Å²) < 4.78 is 6.39. The number of fused-ring (bicyclic) bond motifs is 2. The van der Waals surface area contributed by atoms with Crippen molar-refractivity contribution in [2.75, 3.05) is 32.7 Å². The van der Waals surface area contributed by atoms with E-state index < -0.39 is 23.6 Å². The number of hydrogen-bond acceptors (Lipinski definition) is 11. The molecule has 3 aromatic carbocycles. The number of β-amino-alcohol motifs (C(OH)–C–C–N with tert-alkyl or cyclic N) is 1. The highest BCUT2D eigenvalue weighted by Gasteiger charge is 2.64. The zero-order chi connectivity index (χ0) is 51.2. The number of thiazole rings is 1. The average Bonchev–Trinajstić information content (AvgIpc) is 4.13. The van der Waals surface area contributed by atoms with Gasteiger partial charge in [-0.2, -0.15) is 5.26 Å². The molecule has 3 saturated heterocycles. The lowest BCUT2D eigenvalue weighted by Crippen LogP contribution is -2.74. The van der Waals surface area contributed by atoms with Crippen molar-refractivity contribution < 1.29 is 29.0 Å². The summed E-state index contributed by atoms with van der Waals surface area (Å²) in [5.41, 5.74) is 5.56. The molecule has 0 radical (unpaired) electrons. The second-order valence-corrected chi connectivity index (χ2v) is 23.7. The maximum Gasteiger partial charge on any atom is 0.251 e. The van der Waals surface area contributed by atoms with Gasteiger partial charge in [-0.1, -0.05) is 96.5 Å². The highest BCUT2D eigenvalue weighted by Crippen LogP contribution is 2.55. The number of aromatic nitrogens is 1. The molecule has 0 spiro atoms. The number of piperazine rings is 1. The van der Waals surface area contributed by atoms with Gasteiger partial charge in [-0.05, 0) is 86.0 Å². The second-order valence-electron chi connectivity index (χ2n) is 22.5. The third kappa shape index (κ3) is 11.0. The first-order valence-corrected chi connectivity index (χ1v) is 26.1. The normalized spacial score (nSPS) is 24.4. The summed E-state index contributed by atoms with van der Waals surface area (Å²) in [5, 5.41) is 29.7. The molecule has 71 heavy (non-hydrogen) atoms. The molecule has 14 nitrogen and oxygen atoms in total. The predicted molar refractivity (Wildman–Crippen MR) is 276 cm³/mol. The molecule has 16 heteroatoms. The van der Waals surface area contributed by atoms with Gasteiger partial charge in [-0.25, -0.2) is 4.98 Å². The standard InChI is InChI=1S/C55H69ClN8O6S/c1-32(35-16-18-36(19-17-35)46-33(2)58-31-71-46)59-49(68)44-24-41(65)29-64(44)50(69)47(53(3,4)5)60-45(66)30-63-28-39-23-40(63)27-62(39)22-10-11-34-12-14-37(15-13-34)48(67)61-51-54(6,7)52(55(51,8)9)70-42-21-20-38(26-57)43(56)25-42/h12-21,25,31-32,39-41,44,47,51-52,65H,10-11,22-24,27-30H2,1-9H3,(H,59,68)(H,60,66)(H,61,67)/t32-,39+,40+,41+,44-,47?,51?,52?/m0/s1. The van der Waals surface area contributed by atoms with E-state index in [4.69, 9.17) is 16.3 Å².